The number of anilines is 1. The first kappa shape index (κ1) is 11.9. The fourth-order valence-electron chi connectivity index (χ4n) is 1.60. The highest BCUT2D eigenvalue weighted by atomic mass is 79.9. The lowest BCUT2D eigenvalue weighted by Crippen LogP contribution is -1.97. The maximum absolute atomic E-state index is 9.70. The standard InChI is InChI=1S/C12H12BrN3O/c1-6-3-8(4-7(2)10(6)17)12-15-5-9(13)11(14)16-12/h3-5,17H,1-2H3,(H2,14,15,16). The number of aromatic nitrogens is 2. The van der Waals surface area contributed by atoms with Gasteiger partial charge in [0, 0.05) is 11.8 Å². The number of phenolic OH excluding ortho intramolecular Hbond substituents is 1. The molecule has 0 aliphatic carbocycles. The van der Waals surface area contributed by atoms with Crippen molar-refractivity contribution in [3.05, 3.63) is 33.9 Å². The topological polar surface area (TPSA) is 72.0 Å². The quantitative estimate of drug-likeness (QED) is 0.848. The molecule has 0 bridgehead atoms. The monoisotopic (exact) mass is 293 g/mol. The van der Waals surface area contributed by atoms with Crippen LogP contribution in [0.2, 0.25) is 0 Å². The first-order valence-corrected chi connectivity index (χ1v) is 5.87. The molecule has 0 unspecified atom stereocenters. The van der Waals surface area contributed by atoms with E-state index in [0.29, 0.717) is 21.9 Å². The second-order valence-corrected chi connectivity index (χ2v) is 4.74. The molecule has 1 heterocycles. The van der Waals surface area contributed by atoms with Crippen molar-refractivity contribution in [2.24, 2.45) is 0 Å². The molecule has 0 saturated heterocycles. The van der Waals surface area contributed by atoms with Crippen molar-refractivity contribution in [1.29, 1.82) is 0 Å². The second kappa shape index (κ2) is 4.33. The van der Waals surface area contributed by atoms with E-state index in [-0.39, 0.29) is 0 Å². The smallest absolute Gasteiger partial charge is 0.161 e. The van der Waals surface area contributed by atoms with Gasteiger partial charge in [0.2, 0.25) is 0 Å². The molecule has 0 radical (unpaired) electrons. The van der Waals surface area contributed by atoms with Gasteiger partial charge in [-0.05, 0) is 53.0 Å². The van der Waals surface area contributed by atoms with Gasteiger partial charge >= 0.3 is 0 Å². The minimum absolute atomic E-state index is 0.304. The summed E-state index contributed by atoms with van der Waals surface area (Å²) in [6, 6.07) is 3.68. The Morgan fingerprint density at radius 1 is 1.24 bits per heavy atom. The molecule has 2 aromatic rings. The average Bonchev–Trinajstić information content (AvgIpc) is 2.29. The van der Waals surface area contributed by atoms with Crippen molar-refractivity contribution in [2.45, 2.75) is 13.8 Å². The third kappa shape index (κ3) is 2.24. The molecule has 0 aliphatic rings. The SMILES string of the molecule is Cc1cc(-c2ncc(Br)c(N)n2)cc(C)c1O. The van der Waals surface area contributed by atoms with E-state index in [9.17, 15) is 5.11 Å². The molecule has 0 aliphatic heterocycles. The van der Waals surface area contributed by atoms with E-state index in [0.717, 1.165) is 16.7 Å². The van der Waals surface area contributed by atoms with E-state index < -0.39 is 0 Å². The zero-order valence-electron chi connectivity index (χ0n) is 9.53. The van der Waals surface area contributed by atoms with E-state index in [1.165, 1.54) is 0 Å². The van der Waals surface area contributed by atoms with E-state index in [4.69, 9.17) is 5.73 Å². The van der Waals surface area contributed by atoms with Crippen LogP contribution in [0.1, 0.15) is 11.1 Å². The predicted molar refractivity (Wildman–Crippen MR) is 70.7 cm³/mol. The number of hydrogen-bond donors (Lipinski definition) is 2. The molecule has 0 fully saturated rings. The van der Waals surface area contributed by atoms with Crippen molar-refractivity contribution in [2.75, 3.05) is 5.73 Å². The number of nitrogen functional groups attached to an aromatic ring is 1. The summed E-state index contributed by atoms with van der Waals surface area (Å²) >= 11 is 3.25. The number of hydrogen-bond acceptors (Lipinski definition) is 4. The van der Waals surface area contributed by atoms with Gasteiger partial charge in [-0.15, -0.1) is 0 Å². The number of rotatable bonds is 1. The van der Waals surface area contributed by atoms with Crippen LogP contribution in [0.25, 0.3) is 11.4 Å². The number of nitrogens with two attached hydrogens (primary N) is 1. The normalized spacial score (nSPS) is 10.5. The number of aromatic hydroxyl groups is 1. The molecule has 1 aromatic carbocycles. The maximum atomic E-state index is 9.70. The van der Waals surface area contributed by atoms with Crippen LogP contribution in [-0.4, -0.2) is 15.1 Å². The third-order valence-electron chi connectivity index (χ3n) is 2.52. The lowest BCUT2D eigenvalue weighted by molar-refractivity contribution is 0.467. The van der Waals surface area contributed by atoms with Crippen LogP contribution < -0.4 is 5.73 Å². The fourth-order valence-corrected chi connectivity index (χ4v) is 1.80. The summed E-state index contributed by atoms with van der Waals surface area (Å²) in [7, 11) is 0. The van der Waals surface area contributed by atoms with Gasteiger partial charge < -0.3 is 10.8 Å². The van der Waals surface area contributed by atoms with Gasteiger partial charge in [0.25, 0.3) is 0 Å². The summed E-state index contributed by atoms with van der Waals surface area (Å²) in [5, 5.41) is 9.70. The average molecular weight is 294 g/mol. The van der Waals surface area contributed by atoms with Crippen molar-refractivity contribution in [3.8, 4) is 17.1 Å². The summed E-state index contributed by atoms with van der Waals surface area (Å²) in [6.07, 6.45) is 1.62. The molecular weight excluding hydrogens is 282 g/mol. The van der Waals surface area contributed by atoms with Gasteiger partial charge in [-0.25, -0.2) is 9.97 Å². The van der Waals surface area contributed by atoms with Crippen LogP contribution in [0.5, 0.6) is 5.75 Å². The zero-order chi connectivity index (χ0) is 12.6. The Labute approximate surface area is 108 Å². The minimum atomic E-state index is 0.304. The Morgan fingerprint density at radius 3 is 2.35 bits per heavy atom. The van der Waals surface area contributed by atoms with Gasteiger partial charge in [0.15, 0.2) is 5.82 Å². The number of halogens is 1. The molecule has 0 amide bonds. The van der Waals surface area contributed by atoms with Gasteiger partial charge in [-0.1, -0.05) is 0 Å². The van der Waals surface area contributed by atoms with Gasteiger partial charge in [0.05, 0.1) is 4.47 Å². The van der Waals surface area contributed by atoms with Gasteiger partial charge in [0.1, 0.15) is 11.6 Å². The van der Waals surface area contributed by atoms with E-state index in [1.54, 1.807) is 6.20 Å². The molecule has 5 heteroatoms. The van der Waals surface area contributed by atoms with Crippen molar-refractivity contribution >= 4 is 21.7 Å². The highest BCUT2D eigenvalue weighted by Crippen LogP contribution is 2.28. The first-order chi connectivity index (χ1) is 7.99. The van der Waals surface area contributed by atoms with Gasteiger partial charge in [-0.3, -0.25) is 0 Å². The minimum Gasteiger partial charge on any atom is -0.507 e. The molecule has 2 rings (SSSR count). The lowest BCUT2D eigenvalue weighted by Gasteiger charge is -2.07. The van der Waals surface area contributed by atoms with Crippen LogP contribution in [0.3, 0.4) is 0 Å². The Morgan fingerprint density at radius 2 is 1.82 bits per heavy atom. The molecule has 3 N–H and O–H groups in total. The van der Waals surface area contributed by atoms with E-state index in [1.807, 2.05) is 26.0 Å². The maximum Gasteiger partial charge on any atom is 0.161 e. The predicted octanol–water partition coefficient (Wildman–Crippen LogP) is 2.81. The first-order valence-electron chi connectivity index (χ1n) is 5.07. The summed E-state index contributed by atoms with van der Waals surface area (Å²) in [5.41, 5.74) is 8.15. The zero-order valence-corrected chi connectivity index (χ0v) is 11.1. The lowest BCUT2D eigenvalue weighted by atomic mass is 10.1. The van der Waals surface area contributed by atoms with Crippen LogP contribution in [0.4, 0.5) is 5.82 Å². The summed E-state index contributed by atoms with van der Waals surface area (Å²) in [4.78, 5) is 8.39. The highest BCUT2D eigenvalue weighted by molar-refractivity contribution is 9.10. The Balaban J connectivity index is 2.57. The highest BCUT2D eigenvalue weighted by Gasteiger charge is 2.08. The molecule has 17 heavy (non-hydrogen) atoms. The fraction of sp³-hybridized carbons (Fsp3) is 0.167. The molecule has 1 aromatic heterocycles. The third-order valence-corrected chi connectivity index (χ3v) is 3.13. The van der Waals surface area contributed by atoms with Crippen molar-refractivity contribution in [1.82, 2.24) is 9.97 Å². The molecule has 88 valence electrons. The number of phenols is 1. The molecule has 4 nitrogen and oxygen atoms in total. The second-order valence-electron chi connectivity index (χ2n) is 3.89. The summed E-state index contributed by atoms with van der Waals surface area (Å²) in [6.45, 7) is 3.68. The van der Waals surface area contributed by atoms with E-state index in [2.05, 4.69) is 25.9 Å². The van der Waals surface area contributed by atoms with Crippen LogP contribution >= 0.6 is 15.9 Å². The Kier molecular flexibility index (Phi) is 3.02. The van der Waals surface area contributed by atoms with E-state index >= 15 is 0 Å². The molecule has 0 atom stereocenters. The molecule has 0 spiro atoms. The van der Waals surface area contributed by atoms with Crippen molar-refractivity contribution < 1.29 is 5.11 Å². The number of benzene rings is 1. The largest absolute Gasteiger partial charge is 0.507 e. The summed E-state index contributed by atoms with van der Waals surface area (Å²) in [5.74, 6) is 1.26. The van der Waals surface area contributed by atoms with Crippen LogP contribution in [-0.2, 0) is 0 Å². The van der Waals surface area contributed by atoms with Crippen LogP contribution in [0.15, 0.2) is 22.8 Å². The van der Waals surface area contributed by atoms with Crippen molar-refractivity contribution in [3.63, 3.8) is 0 Å². The Bertz CT molecular complexity index is 561. The molecule has 0 saturated carbocycles. The van der Waals surface area contributed by atoms with Gasteiger partial charge in [-0.2, -0.15) is 0 Å². The van der Waals surface area contributed by atoms with Crippen LogP contribution in [0, 0.1) is 13.8 Å². The number of nitrogens with zero attached hydrogens (tertiary/aromatic N) is 2. The summed E-state index contributed by atoms with van der Waals surface area (Å²) < 4.78 is 0.675. The Hall–Kier alpha value is -1.62. The molecular formula is C12H12BrN3O. The number of aryl methyl sites for hydroxylation is 2.